The average molecular weight is 330 g/mol. The number of carbonyl (C=O) groups excluding carboxylic acids is 2. The van der Waals surface area contributed by atoms with E-state index in [2.05, 4.69) is 15.4 Å². The maximum absolute atomic E-state index is 12.6. The zero-order valence-corrected chi connectivity index (χ0v) is 14.6. The number of carbonyl (C=O) groups is 2. The lowest BCUT2D eigenvalue weighted by Gasteiger charge is -2.24. The second-order valence-corrected chi connectivity index (χ2v) is 6.26. The Hall–Kier alpha value is -2.30. The number of ether oxygens (including phenoxy) is 1. The molecule has 0 saturated heterocycles. The monoisotopic (exact) mass is 330 g/mol. The van der Waals surface area contributed by atoms with Gasteiger partial charge in [-0.1, -0.05) is 31.4 Å². The van der Waals surface area contributed by atoms with Gasteiger partial charge in [-0.3, -0.25) is 4.79 Å². The molecule has 1 aromatic carbocycles. The van der Waals surface area contributed by atoms with Crippen molar-refractivity contribution < 1.29 is 14.3 Å². The van der Waals surface area contributed by atoms with Gasteiger partial charge in [-0.2, -0.15) is 0 Å². The van der Waals surface area contributed by atoms with E-state index in [-0.39, 0.29) is 17.6 Å². The van der Waals surface area contributed by atoms with Gasteiger partial charge in [-0.15, -0.1) is 0 Å². The molecule has 0 atom stereocenters. The predicted octanol–water partition coefficient (Wildman–Crippen LogP) is 3.22. The van der Waals surface area contributed by atoms with Crippen molar-refractivity contribution in [2.75, 3.05) is 12.4 Å². The summed E-state index contributed by atoms with van der Waals surface area (Å²) in [6.07, 6.45) is 6.66. The second-order valence-electron chi connectivity index (χ2n) is 6.26. The molecule has 1 amide bonds. The molecule has 0 radical (unpaired) electrons. The van der Waals surface area contributed by atoms with Crippen molar-refractivity contribution >= 4 is 17.6 Å². The van der Waals surface area contributed by atoms with Gasteiger partial charge >= 0.3 is 5.97 Å². The Balaban J connectivity index is 2.17. The molecule has 0 aliphatic heterocycles. The van der Waals surface area contributed by atoms with E-state index < -0.39 is 5.97 Å². The van der Waals surface area contributed by atoms with E-state index in [0.29, 0.717) is 0 Å². The third kappa shape index (κ3) is 4.85. The summed E-state index contributed by atoms with van der Waals surface area (Å²) in [4.78, 5) is 24.3. The van der Waals surface area contributed by atoms with Crippen LogP contribution in [0, 0.1) is 13.8 Å². The van der Waals surface area contributed by atoms with Crippen molar-refractivity contribution in [2.45, 2.75) is 52.0 Å². The first-order chi connectivity index (χ1) is 11.5. The molecular weight excluding hydrogens is 304 g/mol. The fourth-order valence-corrected chi connectivity index (χ4v) is 2.88. The molecule has 5 nitrogen and oxygen atoms in total. The van der Waals surface area contributed by atoms with Crippen LogP contribution in [0.4, 0.5) is 5.69 Å². The van der Waals surface area contributed by atoms with Crippen molar-refractivity contribution in [1.82, 2.24) is 5.32 Å². The maximum atomic E-state index is 12.6. The Labute approximate surface area is 143 Å². The van der Waals surface area contributed by atoms with Crippen LogP contribution in [0.25, 0.3) is 0 Å². The topological polar surface area (TPSA) is 67.4 Å². The molecule has 24 heavy (non-hydrogen) atoms. The van der Waals surface area contributed by atoms with Gasteiger partial charge in [0.15, 0.2) is 0 Å². The second kappa shape index (κ2) is 8.52. The standard InChI is InChI=1S/C19H26N2O3/c1-13-8-7-11-16(14(13)2)21-17(12-18(22)24-3)19(23)20-15-9-5-4-6-10-15/h7-8,11-12,15,21H,4-6,9-10H2,1-3H3,(H,20,23)/b17-12-. The average Bonchev–Trinajstić information content (AvgIpc) is 2.58. The highest BCUT2D eigenvalue weighted by atomic mass is 16.5. The summed E-state index contributed by atoms with van der Waals surface area (Å²) in [5.74, 6) is -0.824. The van der Waals surface area contributed by atoms with Crippen molar-refractivity contribution in [1.29, 1.82) is 0 Å². The highest BCUT2D eigenvalue weighted by Gasteiger charge is 2.19. The van der Waals surface area contributed by atoms with Crippen LogP contribution in [-0.2, 0) is 14.3 Å². The van der Waals surface area contributed by atoms with E-state index in [1.54, 1.807) is 0 Å². The predicted molar refractivity (Wildman–Crippen MR) is 94.7 cm³/mol. The molecule has 0 unspecified atom stereocenters. The van der Waals surface area contributed by atoms with Gasteiger partial charge < -0.3 is 15.4 Å². The van der Waals surface area contributed by atoms with Crippen LogP contribution in [0.3, 0.4) is 0 Å². The first-order valence-corrected chi connectivity index (χ1v) is 8.45. The summed E-state index contributed by atoms with van der Waals surface area (Å²) in [5.41, 5.74) is 3.17. The number of aryl methyl sites for hydroxylation is 1. The number of hydrogen-bond donors (Lipinski definition) is 2. The smallest absolute Gasteiger partial charge is 0.332 e. The Morgan fingerprint density at radius 1 is 1.17 bits per heavy atom. The van der Waals surface area contributed by atoms with Gasteiger partial charge in [0.1, 0.15) is 5.70 Å². The SMILES string of the molecule is COC(=O)/C=C(\Nc1cccc(C)c1C)C(=O)NC1CCCCC1. The van der Waals surface area contributed by atoms with Gasteiger partial charge in [-0.25, -0.2) is 4.79 Å². The van der Waals surface area contributed by atoms with E-state index in [0.717, 1.165) is 42.5 Å². The first kappa shape index (κ1) is 18.0. The van der Waals surface area contributed by atoms with Crippen molar-refractivity contribution in [2.24, 2.45) is 0 Å². The van der Waals surface area contributed by atoms with Crippen molar-refractivity contribution in [3.8, 4) is 0 Å². The quantitative estimate of drug-likeness (QED) is 0.642. The number of amides is 1. The number of esters is 1. The molecule has 1 aliphatic carbocycles. The van der Waals surface area contributed by atoms with Crippen LogP contribution in [-0.4, -0.2) is 25.0 Å². The number of methoxy groups -OCH3 is 1. The van der Waals surface area contributed by atoms with Crippen molar-refractivity contribution in [3.63, 3.8) is 0 Å². The lowest BCUT2D eigenvalue weighted by Crippen LogP contribution is -2.38. The normalized spacial score (nSPS) is 15.7. The highest BCUT2D eigenvalue weighted by molar-refractivity contribution is 6.02. The zero-order chi connectivity index (χ0) is 17.5. The lowest BCUT2D eigenvalue weighted by molar-refractivity contribution is -0.135. The van der Waals surface area contributed by atoms with E-state index in [1.807, 2.05) is 32.0 Å². The third-order valence-electron chi connectivity index (χ3n) is 4.52. The fourth-order valence-electron chi connectivity index (χ4n) is 2.88. The van der Waals surface area contributed by atoms with Gasteiger partial charge in [0.25, 0.3) is 5.91 Å². The molecule has 1 saturated carbocycles. The lowest BCUT2D eigenvalue weighted by atomic mass is 9.95. The molecule has 5 heteroatoms. The van der Waals surface area contributed by atoms with Crippen LogP contribution in [0.1, 0.15) is 43.2 Å². The summed E-state index contributed by atoms with van der Waals surface area (Å²) in [7, 11) is 1.30. The first-order valence-electron chi connectivity index (χ1n) is 8.45. The molecule has 1 fully saturated rings. The zero-order valence-electron chi connectivity index (χ0n) is 14.6. The molecule has 0 aromatic heterocycles. The van der Waals surface area contributed by atoms with Crippen LogP contribution in [0.2, 0.25) is 0 Å². The molecule has 1 aliphatic rings. The number of rotatable bonds is 5. The molecule has 0 heterocycles. The van der Waals surface area contributed by atoms with E-state index in [9.17, 15) is 9.59 Å². The van der Waals surface area contributed by atoms with Gasteiger partial charge in [0, 0.05) is 11.7 Å². The third-order valence-corrected chi connectivity index (χ3v) is 4.52. The van der Waals surface area contributed by atoms with Crippen LogP contribution < -0.4 is 10.6 Å². The molecule has 1 aromatic rings. The van der Waals surface area contributed by atoms with Gasteiger partial charge in [-0.05, 0) is 43.9 Å². The number of anilines is 1. The Morgan fingerprint density at radius 2 is 1.88 bits per heavy atom. The van der Waals surface area contributed by atoms with Crippen molar-refractivity contribution in [3.05, 3.63) is 41.1 Å². The Morgan fingerprint density at radius 3 is 2.54 bits per heavy atom. The van der Waals surface area contributed by atoms with E-state index in [4.69, 9.17) is 0 Å². The summed E-state index contributed by atoms with van der Waals surface area (Å²) in [6, 6.07) is 5.99. The van der Waals surface area contributed by atoms with Gasteiger partial charge in [0.05, 0.1) is 13.2 Å². The van der Waals surface area contributed by atoms with E-state index >= 15 is 0 Å². The Bertz CT molecular complexity index is 631. The molecular formula is C19H26N2O3. The number of nitrogens with one attached hydrogen (secondary N) is 2. The highest BCUT2D eigenvalue weighted by Crippen LogP contribution is 2.21. The molecule has 2 rings (SSSR count). The summed E-state index contributed by atoms with van der Waals surface area (Å²) >= 11 is 0. The molecule has 0 spiro atoms. The van der Waals surface area contributed by atoms with Crippen LogP contribution >= 0.6 is 0 Å². The number of benzene rings is 1. The molecule has 130 valence electrons. The van der Waals surface area contributed by atoms with Crippen LogP contribution in [0.15, 0.2) is 30.0 Å². The minimum absolute atomic E-state index is 0.174. The van der Waals surface area contributed by atoms with Crippen LogP contribution in [0.5, 0.6) is 0 Å². The number of hydrogen-bond acceptors (Lipinski definition) is 4. The molecule has 0 bridgehead atoms. The summed E-state index contributed by atoms with van der Waals surface area (Å²) in [6.45, 7) is 3.98. The Kier molecular flexibility index (Phi) is 6.41. The summed E-state index contributed by atoms with van der Waals surface area (Å²) < 4.78 is 4.68. The fraction of sp³-hybridized carbons (Fsp3) is 0.474. The minimum Gasteiger partial charge on any atom is -0.466 e. The minimum atomic E-state index is -0.554. The van der Waals surface area contributed by atoms with E-state index in [1.165, 1.54) is 19.6 Å². The van der Waals surface area contributed by atoms with Gasteiger partial charge in [0.2, 0.25) is 0 Å². The maximum Gasteiger partial charge on any atom is 0.332 e. The molecule has 2 N–H and O–H groups in total. The summed E-state index contributed by atoms with van der Waals surface area (Å²) in [5, 5.41) is 6.12. The largest absolute Gasteiger partial charge is 0.466 e.